The lowest BCUT2D eigenvalue weighted by atomic mass is 10.0. The smallest absolute Gasteiger partial charge is 0.245 e. The van der Waals surface area contributed by atoms with Crippen molar-refractivity contribution >= 4 is 51.3 Å². The number of carbonyl (C=O) groups is 3. The average molecular weight is 616 g/mol. The first-order valence-corrected chi connectivity index (χ1v) is 15.0. The van der Waals surface area contributed by atoms with Gasteiger partial charge in [-0.1, -0.05) is 35.9 Å². The van der Waals surface area contributed by atoms with Gasteiger partial charge in [-0.2, -0.15) is 5.10 Å². The minimum Gasteiger partial charge on any atom is -0.328 e. The van der Waals surface area contributed by atoms with Crippen LogP contribution in [0.4, 0.5) is 4.39 Å². The number of nitrogens with zero attached hydrogens (tertiary/aromatic N) is 5. The first kappa shape index (κ1) is 28.8. The molecule has 0 bridgehead atoms. The Kier molecular flexibility index (Phi) is 7.89. The van der Waals surface area contributed by atoms with Crippen LogP contribution >= 0.6 is 22.9 Å². The maximum Gasteiger partial charge on any atom is 0.245 e. The van der Waals surface area contributed by atoms with E-state index in [1.54, 1.807) is 25.4 Å². The number of hydrogen-bond donors (Lipinski definition) is 0. The van der Waals surface area contributed by atoms with E-state index in [2.05, 4.69) is 15.1 Å². The summed E-state index contributed by atoms with van der Waals surface area (Å²) >= 11 is 7.76. The molecular formula is C32H27ClFN5O3S. The van der Waals surface area contributed by atoms with Crippen molar-refractivity contribution in [3.05, 3.63) is 87.7 Å². The highest BCUT2D eigenvalue weighted by molar-refractivity contribution is 7.10. The molecular weight excluding hydrogens is 589 g/mol. The van der Waals surface area contributed by atoms with E-state index in [1.165, 1.54) is 27.8 Å². The summed E-state index contributed by atoms with van der Waals surface area (Å²) in [7, 11) is 0. The Bertz CT molecular complexity index is 1870. The Hall–Kier alpha value is -4.28. The Morgan fingerprint density at radius 1 is 1.05 bits per heavy atom. The number of likely N-dealkylation sites (tertiary alicyclic amines) is 1. The summed E-state index contributed by atoms with van der Waals surface area (Å²) in [6.45, 7) is 2.82. The van der Waals surface area contributed by atoms with Gasteiger partial charge in [0.25, 0.3) is 0 Å². The molecule has 1 fully saturated rings. The van der Waals surface area contributed by atoms with E-state index in [0.717, 1.165) is 27.1 Å². The number of ketones is 2. The van der Waals surface area contributed by atoms with Crippen LogP contribution < -0.4 is 0 Å². The average Bonchev–Trinajstić information content (AvgIpc) is 3.71. The Balaban J connectivity index is 1.22. The van der Waals surface area contributed by atoms with E-state index in [0.29, 0.717) is 21.7 Å². The highest BCUT2D eigenvalue weighted by Gasteiger charge is 2.39. The third-order valence-electron chi connectivity index (χ3n) is 7.61. The molecule has 11 heteroatoms. The van der Waals surface area contributed by atoms with Gasteiger partial charge in [0.1, 0.15) is 24.2 Å². The highest BCUT2D eigenvalue weighted by Crippen LogP contribution is 2.33. The van der Waals surface area contributed by atoms with Crippen molar-refractivity contribution in [2.45, 2.75) is 45.4 Å². The van der Waals surface area contributed by atoms with E-state index in [9.17, 15) is 18.8 Å². The number of rotatable bonds is 8. The van der Waals surface area contributed by atoms with Gasteiger partial charge in [0.15, 0.2) is 11.6 Å². The first-order chi connectivity index (χ1) is 20.7. The molecule has 1 aliphatic rings. The van der Waals surface area contributed by atoms with Crippen LogP contribution in [0.5, 0.6) is 0 Å². The van der Waals surface area contributed by atoms with Crippen LogP contribution in [0, 0.1) is 6.92 Å². The fourth-order valence-electron chi connectivity index (χ4n) is 5.47. The maximum absolute atomic E-state index is 14.6. The third-order valence-corrected chi connectivity index (χ3v) is 8.88. The van der Waals surface area contributed by atoms with Crippen LogP contribution in [-0.2, 0) is 22.6 Å². The Labute approximate surface area is 256 Å². The number of alkyl halides is 1. The molecule has 3 aromatic heterocycles. The fraction of sp³-hybridized carbons (Fsp3) is 0.250. The topological polar surface area (TPSA) is 98.1 Å². The van der Waals surface area contributed by atoms with Crippen molar-refractivity contribution < 1.29 is 18.8 Å². The number of hydrogen-bond acceptors (Lipinski definition) is 7. The molecule has 4 heterocycles. The molecule has 0 aliphatic carbocycles. The standard InChI is InChI=1S/C32H27ClFN5O3S/c1-18(40)32-26-10-20(22-13-35-19(2)36-14-22)7-8-28(26)39(37-32)16-31(42)38-15-23(34)11-29(38)30(41)12-24-9-21(17-43-24)25-5-3-4-6-27(25)33/h3-10,13-14,17,23,29H,11-12,15-16H2,1-2H3/t23-,29+/m1/s1. The van der Waals surface area contributed by atoms with Gasteiger partial charge in [-0.05, 0) is 47.7 Å². The zero-order valence-electron chi connectivity index (χ0n) is 23.5. The van der Waals surface area contributed by atoms with Crippen LogP contribution in [0.1, 0.15) is 34.5 Å². The van der Waals surface area contributed by atoms with Crippen molar-refractivity contribution in [1.29, 1.82) is 0 Å². The summed E-state index contributed by atoms with van der Waals surface area (Å²) in [4.78, 5) is 50.0. The molecule has 0 spiro atoms. The van der Waals surface area contributed by atoms with Crippen molar-refractivity contribution in [1.82, 2.24) is 24.6 Å². The monoisotopic (exact) mass is 615 g/mol. The minimum absolute atomic E-state index is 0.0478. The molecule has 5 aromatic rings. The first-order valence-electron chi connectivity index (χ1n) is 13.8. The molecule has 1 aliphatic heterocycles. The van der Waals surface area contributed by atoms with Crippen molar-refractivity contribution in [2.75, 3.05) is 6.54 Å². The van der Waals surface area contributed by atoms with Gasteiger partial charge in [0.2, 0.25) is 5.91 Å². The molecule has 1 amide bonds. The normalized spacial score (nSPS) is 16.6. The van der Waals surface area contributed by atoms with Crippen LogP contribution in [0.2, 0.25) is 5.02 Å². The second-order valence-corrected chi connectivity index (χ2v) is 12.0. The van der Waals surface area contributed by atoms with E-state index in [1.807, 2.05) is 47.8 Å². The summed E-state index contributed by atoms with van der Waals surface area (Å²) in [5.41, 5.74) is 4.17. The van der Waals surface area contributed by atoms with Crippen LogP contribution in [-0.4, -0.2) is 60.9 Å². The lowest BCUT2D eigenvalue weighted by molar-refractivity contribution is -0.138. The Morgan fingerprint density at radius 2 is 1.81 bits per heavy atom. The SMILES string of the molecule is CC(=O)c1nn(CC(=O)N2C[C@H](F)C[C@H]2C(=O)Cc2cc(-c3ccccc3Cl)cs2)c2ccc(-c3cnc(C)nc3)cc12. The van der Waals surface area contributed by atoms with E-state index in [-0.39, 0.29) is 43.2 Å². The van der Waals surface area contributed by atoms with Crippen LogP contribution in [0.15, 0.2) is 66.3 Å². The van der Waals surface area contributed by atoms with Crippen molar-refractivity contribution in [2.24, 2.45) is 0 Å². The quantitative estimate of drug-likeness (QED) is 0.195. The summed E-state index contributed by atoms with van der Waals surface area (Å²) in [5, 5.41) is 7.58. The van der Waals surface area contributed by atoms with Crippen LogP contribution in [0.25, 0.3) is 33.2 Å². The third kappa shape index (κ3) is 5.85. The number of amides is 1. The number of aromatic nitrogens is 4. The minimum atomic E-state index is -1.30. The molecule has 0 N–H and O–H groups in total. The van der Waals surface area contributed by atoms with Gasteiger partial charge in [0.05, 0.1) is 18.1 Å². The zero-order chi connectivity index (χ0) is 30.2. The number of fused-ring (bicyclic) bond motifs is 1. The zero-order valence-corrected chi connectivity index (χ0v) is 25.0. The predicted molar refractivity (Wildman–Crippen MR) is 164 cm³/mol. The fourth-order valence-corrected chi connectivity index (χ4v) is 6.60. The van der Waals surface area contributed by atoms with Gasteiger partial charge in [-0.3, -0.25) is 19.1 Å². The van der Waals surface area contributed by atoms with E-state index >= 15 is 0 Å². The number of thiophene rings is 1. The van der Waals surface area contributed by atoms with Gasteiger partial charge >= 0.3 is 0 Å². The molecule has 43 heavy (non-hydrogen) atoms. The number of aryl methyl sites for hydroxylation is 1. The highest BCUT2D eigenvalue weighted by atomic mass is 35.5. The number of Topliss-reactive ketones (excluding diaryl/α,β-unsaturated/α-hetero) is 2. The van der Waals surface area contributed by atoms with Crippen molar-refractivity contribution in [3.8, 4) is 22.3 Å². The number of halogens is 2. The second kappa shape index (κ2) is 11.8. The molecule has 0 radical (unpaired) electrons. The molecule has 8 nitrogen and oxygen atoms in total. The summed E-state index contributed by atoms with van der Waals surface area (Å²) < 4.78 is 16.1. The largest absolute Gasteiger partial charge is 0.328 e. The van der Waals surface area contributed by atoms with E-state index in [4.69, 9.17) is 11.6 Å². The molecule has 0 unspecified atom stereocenters. The molecule has 218 valence electrons. The van der Waals surface area contributed by atoms with E-state index < -0.39 is 18.1 Å². The molecule has 2 atom stereocenters. The predicted octanol–water partition coefficient (Wildman–Crippen LogP) is 6.14. The lowest BCUT2D eigenvalue weighted by Crippen LogP contribution is -2.42. The molecule has 6 rings (SSSR count). The summed E-state index contributed by atoms with van der Waals surface area (Å²) in [6.07, 6.45) is 2.14. The molecule has 2 aromatic carbocycles. The summed E-state index contributed by atoms with van der Waals surface area (Å²) in [6, 6.07) is 14.0. The summed E-state index contributed by atoms with van der Waals surface area (Å²) in [5.74, 6) is -0.261. The lowest BCUT2D eigenvalue weighted by Gasteiger charge is -2.23. The van der Waals surface area contributed by atoms with Gasteiger partial charge in [0, 0.05) is 58.6 Å². The maximum atomic E-state index is 14.6. The van der Waals surface area contributed by atoms with Gasteiger partial charge in [-0.15, -0.1) is 11.3 Å². The number of carbonyl (C=O) groups excluding carboxylic acids is 3. The molecule has 0 saturated carbocycles. The Morgan fingerprint density at radius 3 is 2.56 bits per heavy atom. The van der Waals surface area contributed by atoms with Crippen molar-refractivity contribution in [3.63, 3.8) is 0 Å². The van der Waals surface area contributed by atoms with Gasteiger partial charge < -0.3 is 4.90 Å². The van der Waals surface area contributed by atoms with Crippen LogP contribution in [0.3, 0.4) is 0 Å². The number of benzene rings is 2. The molecule has 1 saturated heterocycles. The van der Waals surface area contributed by atoms with Gasteiger partial charge in [-0.25, -0.2) is 14.4 Å². The second-order valence-electron chi connectivity index (χ2n) is 10.6.